The number of aromatic nitrogens is 3. The Labute approximate surface area is 156 Å². The molecule has 0 radical (unpaired) electrons. The first kappa shape index (κ1) is 17.7. The fourth-order valence-electron chi connectivity index (χ4n) is 3.93. The van der Waals surface area contributed by atoms with E-state index in [0.717, 1.165) is 37.6 Å². The highest BCUT2D eigenvalue weighted by Gasteiger charge is 2.23. The van der Waals surface area contributed by atoms with E-state index in [1.807, 2.05) is 6.20 Å². The average Bonchev–Trinajstić information content (AvgIpc) is 3.05. The Morgan fingerprint density at radius 3 is 2.69 bits per heavy atom. The van der Waals surface area contributed by atoms with Crippen LogP contribution in [0.5, 0.6) is 0 Å². The van der Waals surface area contributed by atoms with Gasteiger partial charge in [-0.05, 0) is 63.5 Å². The first-order chi connectivity index (χ1) is 12.7. The molecule has 4 heterocycles. The van der Waals surface area contributed by atoms with Gasteiger partial charge >= 0.3 is 0 Å². The summed E-state index contributed by atoms with van der Waals surface area (Å²) in [6.45, 7) is 11.3. The summed E-state index contributed by atoms with van der Waals surface area (Å²) in [5, 5.41) is 3.48. The molecule has 2 aliphatic heterocycles. The van der Waals surface area contributed by atoms with Crippen LogP contribution in [-0.2, 0) is 6.54 Å². The molecule has 0 bridgehead atoms. The zero-order valence-electron chi connectivity index (χ0n) is 16.1. The molecule has 0 aromatic carbocycles. The minimum atomic E-state index is 0.437. The molecule has 2 aromatic rings. The van der Waals surface area contributed by atoms with Gasteiger partial charge in [0.05, 0.1) is 5.69 Å². The van der Waals surface area contributed by atoms with Gasteiger partial charge in [0.25, 0.3) is 0 Å². The number of hydrogen-bond acceptors (Lipinski definition) is 4. The lowest BCUT2D eigenvalue weighted by Gasteiger charge is -2.31. The smallest absolute Gasteiger partial charge is 0.112 e. The summed E-state index contributed by atoms with van der Waals surface area (Å²) >= 11 is 0. The third kappa shape index (κ3) is 3.84. The van der Waals surface area contributed by atoms with Crippen molar-refractivity contribution in [2.75, 3.05) is 32.7 Å². The van der Waals surface area contributed by atoms with Gasteiger partial charge in [0.2, 0.25) is 0 Å². The summed E-state index contributed by atoms with van der Waals surface area (Å²) in [4.78, 5) is 12.2. The number of likely N-dealkylation sites (tertiary alicyclic amines) is 1. The average molecular weight is 354 g/mol. The molecule has 2 aromatic heterocycles. The molecule has 26 heavy (non-hydrogen) atoms. The van der Waals surface area contributed by atoms with Crippen LogP contribution in [0, 0.1) is 0 Å². The van der Waals surface area contributed by atoms with Gasteiger partial charge in [-0.1, -0.05) is 13.8 Å². The maximum Gasteiger partial charge on any atom is 0.112 e. The number of piperidine rings is 1. The SMILES string of the molecule is CC(C)c1cc(-c2cn(CCN3CCC3)c(C3CCNCC3)n2)ccn1. The van der Waals surface area contributed by atoms with Crippen LogP contribution >= 0.6 is 0 Å². The zero-order chi connectivity index (χ0) is 17.9. The monoisotopic (exact) mass is 353 g/mol. The predicted octanol–water partition coefficient (Wildman–Crippen LogP) is 3.24. The Kier molecular flexibility index (Phi) is 5.36. The molecule has 2 aliphatic rings. The lowest BCUT2D eigenvalue weighted by atomic mass is 9.97. The summed E-state index contributed by atoms with van der Waals surface area (Å²) in [5.41, 5.74) is 3.44. The predicted molar refractivity (Wildman–Crippen MR) is 105 cm³/mol. The van der Waals surface area contributed by atoms with Crippen LogP contribution in [0.15, 0.2) is 24.5 Å². The van der Waals surface area contributed by atoms with E-state index >= 15 is 0 Å². The second-order valence-corrected chi connectivity index (χ2v) is 8.02. The quantitative estimate of drug-likeness (QED) is 0.866. The third-order valence-corrected chi connectivity index (χ3v) is 5.79. The minimum Gasteiger partial charge on any atom is -0.333 e. The zero-order valence-corrected chi connectivity index (χ0v) is 16.1. The molecular formula is C21H31N5. The fraction of sp³-hybridized carbons (Fsp3) is 0.619. The topological polar surface area (TPSA) is 46.0 Å². The van der Waals surface area contributed by atoms with Crippen LogP contribution in [0.1, 0.15) is 56.5 Å². The van der Waals surface area contributed by atoms with E-state index in [2.05, 4.69) is 51.9 Å². The van der Waals surface area contributed by atoms with Crippen LogP contribution in [0.3, 0.4) is 0 Å². The number of imidazole rings is 1. The second kappa shape index (κ2) is 7.89. The van der Waals surface area contributed by atoms with Gasteiger partial charge in [0.1, 0.15) is 5.82 Å². The summed E-state index contributed by atoms with van der Waals surface area (Å²) in [5.74, 6) is 2.30. The van der Waals surface area contributed by atoms with Crippen LogP contribution in [-0.4, -0.2) is 52.2 Å². The second-order valence-electron chi connectivity index (χ2n) is 8.02. The van der Waals surface area contributed by atoms with Gasteiger partial charge < -0.3 is 14.8 Å². The van der Waals surface area contributed by atoms with E-state index in [0.29, 0.717) is 11.8 Å². The van der Waals surface area contributed by atoms with Gasteiger partial charge in [-0.3, -0.25) is 4.98 Å². The third-order valence-electron chi connectivity index (χ3n) is 5.79. The van der Waals surface area contributed by atoms with Crippen molar-refractivity contribution in [1.29, 1.82) is 0 Å². The Morgan fingerprint density at radius 1 is 1.19 bits per heavy atom. The molecule has 1 N–H and O–H groups in total. The maximum atomic E-state index is 5.12. The molecule has 2 fully saturated rings. The highest BCUT2D eigenvalue weighted by Crippen LogP contribution is 2.29. The number of pyridine rings is 1. The van der Waals surface area contributed by atoms with Crippen molar-refractivity contribution < 1.29 is 0 Å². The minimum absolute atomic E-state index is 0.437. The van der Waals surface area contributed by atoms with E-state index in [9.17, 15) is 0 Å². The molecule has 0 aliphatic carbocycles. The Balaban J connectivity index is 1.61. The largest absolute Gasteiger partial charge is 0.333 e. The first-order valence-corrected chi connectivity index (χ1v) is 10.2. The molecule has 0 spiro atoms. The molecule has 5 nitrogen and oxygen atoms in total. The number of hydrogen-bond donors (Lipinski definition) is 1. The molecule has 0 amide bonds. The van der Waals surface area contributed by atoms with Gasteiger partial charge in [-0.2, -0.15) is 0 Å². The van der Waals surface area contributed by atoms with E-state index < -0.39 is 0 Å². The molecule has 4 rings (SSSR count). The van der Waals surface area contributed by atoms with Crippen molar-refractivity contribution in [2.45, 2.75) is 51.5 Å². The van der Waals surface area contributed by atoms with Gasteiger partial charge in [0.15, 0.2) is 0 Å². The van der Waals surface area contributed by atoms with Crippen LogP contribution in [0.4, 0.5) is 0 Å². The van der Waals surface area contributed by atoms with Crippen molar-refractivity contribution in [3.8, 4) is 11.3 Å². The molecular weight excluding hydrogens is 322 g/mol. The fourth-order valence-corrected chi connectivity index (χ4v) is 3.93. The van der Waals surface area contributed by atoms with Crippen molar-refractivity contribution >= 4 is 0 Å². The lowest BCUT2D eigenvalue weighted by Crippen LogP contribution is -2.39. The molecule has 0 atom stereocenters. The summed E-state index contributed by atoms with van der Waals surface area (Å²) in [6, 6.07) is 4.30. The number of nitrogens with zero attached hydrogens (tertiary/aromatic N) is 4. The van der Waals surface area contributed by atoms with E-state index in [4.69, 9.17) is 4.98 Å². The van der Waals surface area contributed by atoms with Gasteiger partial charge in [0, 0.05) is 42.7 Å². The van der Waals surface area contributed by atoms with Crippen molar-refractivity contribution in [1.82, 2.24) is 24.8 Å². The highest BCUT2D eigenvalue weighted by atomic mass is 15.2. The highest BCUT2D eigenvalue weighted by molar-refractivity contribution is 5.59. The molecule has 2 saturated heterocycles. The van der Waals surface area contributed by atoms with E-state index in [1.54, 1.807) is 0 Å². The maximum absolute atomic E-state index is 5.12. The van der Waals surface area contributed by atoms with Crippen LogP contribution in [0.2, 0.25) is 0 Å². The lowest BCUT2D eigenvalue weighted by molar-refractivity contribution is 0.173. The van der Waals surface area contributed by atoms with Gasteiger partial charge in [-0.25, -0.2) is 4.98 Å². The first-order valence-electron chi connectivity index (χ1n) is 10.2. The van der Waals surface area contributed by atoms with Crippen LogP contribution < -0.4 is 5.32 Å². The molecule has 140 valence electrons. The number of rotatable bonds is 6. The normalized spacial score (nSPS) is 19.0. The Bertz CT molecular complexity index is 726. The molecule has 0 saturated carbocycles. The van der Waals surface area contributed by atoms with Crippen molar-refractivity contribution in [3.05, 3.63) is 36.0 Å². The Hall–Kier alpha value is -1.72. The van der Waals surface area contributed by atoms with Crippen molar-refractivity contribution in [2.24, 2.45) is 0 Å². The summed E-state index contributed by atoms with van der Waals surface area (Å²) in [6.07, 6.45) is 7.93. The molecule has 0 unspecified atom stereocenters. The van der Waals surface area contributed by atoms with Crippen LogP contribution in [0.25, 0.3) is 11.3 Å². The van der Waals surface area contributed by atoms with E-state index in [-0.39, 0.29) is 0 Å². The summed E-state index contributed by atoms with van der Waals surface area (Å²) in [7, 11) is 0. The van der Waals surface area contributed by atoms with E-state index in [1.165, 1.54) is 43.7 Å². The molecule has 5 heteroatoms. The summed E-state index contributed by atoms with van der Waals surface area (Å²) < 4.78 is 2.43. The Morgan fingerprint density at radius 2 is 2.00 bits per heavy atom. The standard InChI is InChI=1S/C21H31N5/c1-16(2)19-14-18(6-9-23-19)20-15-26(13-12-25-10-3-11-25)21(24-20)17-4-7-22-8-5-17/h6,9,14-17,22H,3-5,7-8,10-13H2,1-2H3. The number of nitrogens with one attached hydrogen (secondary N) is 1. The van der Waals surface area contributed by atoms with Gasteiger partial charge in [-0.15, -0.1) is 0 Å². The van der Waals surface area contributed by atoms with Crippen molar-refractivity contribution in [3.63, 3.8) is 0 Å².